The molecule has 0 unspecified atom stereocenters. The zero-order chi connectivity index (χ0) is 25.7. The second-order valence-corrected chi connectivity index (χ2v) is 10.2. The van der Waals surface area contributed by atoms with Gasteiger partial charge in [-0.2, -0.15) is 22.7 Å². The van der Waals surface area contributed by atoms with E-state index in [4.69, 9.17) is 0 Å². The summed E-state index contributed by atoms with van der Waals surface area (Å²) in [6, 6.07) is 3.83. The van der Waals surface area contributed by atoms with Gasteiger partial charge in [0.25, 0.3) is 0 Å². The zero-order valence-corrected chi connectivity index (χ0v) is 20.8. The Morgan fingerprint density at radius 1 is 1.14 bits per heavy atom. The molecule has 1 aliphatic carbocycles. The van der Waals surface area contributed by atoms with Crippen LogP contribution in [0.3, 0.4) is 0 Å². The van der Waals surface area contributed by atoms with Crippen molar-refractivity contribution >= 4 is 5.91 Å². The van der Waals surface area contributed by atoms with Crippen LogP contribution < -0.4 is 5.32 Å². The minimum absolute atomic E-state index is 0.00955. The molecule has 2 aliphatic rings. The van der Waals surface area contributed by atoms with Crippen molar-refractivity contribution in [1.29, 1.82) is 0 Å². The Balaban J connectivity index is 1.16. The summed E-state index contributed by atoms with van der Waals surface area (Å²) in [5.74, 6) is -0.0144. The number of amides is 1. The van der Waals surface area contributed by atoms with Crippen LogP contribution in [0.4, 0.5) is 17.6 Å². The van der Waals surface area contributed by atoms with Crippen LogP contribution >= 0.6 is 0 Å². The Hall–Kier alpha value is -2.49. The van der Waals surface area contributed by atoms with Crippen molar-refractivity contribution in [1.82, 2.24) is 25.0 Å². The number of alkyl halides is 3. The number of nitrogens with one attached hydrogen (secondary N) is 1. The van der Waals surface area contributed by atoms with Crippen molar-refractivity contribution in [2.45, 2.75) is 76.4 Å². The third kappa shape index (κ3) is 7.51. The van der Waals surface area contributed by atoms with Crippen molar-refractivity contribution in [3.63, 3.8) is 0 Å². The van der Waals surface area contributed by atoms with Gasteiger partial charge in [0.1, 0.15) is 0 Å². The molecule has 198 valence electrons. The fourth-order valence-electron chi connectivity index (χ4n) is 5.31. The number of rotatable bonds is 8. The summed E-state index contributed by atoms with van der Waals surface area (Å²) in [7, 11) is 1.51. The average molecular weight is 510 g/mol. The molecule has 1 N–H and O–H groups in total. The molecular formula is C26H35F4N5O. The largest absolute Gasteiger partial charge is 0.389 e. The first-order valence-electron chi connectivity index (χ1n) is 12.9. The van der Waals surface area contributed by atoms with E-state index in [-0.39, 0.29) is 24.8 Å². The Kier molecular flexibility index (Phi) is 8.64. The number of aryl methyl sites for hydroxylation is 2. The van der Waals surface area contributed by atoms with E-state index in [1.807, 2.05) is 6.07 Å². The minimum atomic E-state index is -4.16. The first kappa shape index (κ1) is 26.6. The summed E-state index contributed by atoms with van der Waals surface area (Å²) in [6.07, 6.45) is 3.08. The molecule has 1 saturated carbocycles. The highest BCUT2D eigenvalue weighted by Crippen LogP contribution is 2.28. The van der Waals surface area contributed by atoms with Crippen molar-refractivity contribution in [2.24, 2.45) is 13.0 Å². The van der Waals surface area contributed by atoms with E-state index in [1.54, 1.807) is 6.07 Å². The molecule has 0 radical (unpaired) electrons. The maximum absolute atomic E-state index is 13.9. The van der Waals surface area contributed by atoms with Crippen LogP contribution in [0.5, 0.6) is 0 Å². The number of carbonyl (C=O) groups excluding carboxylic acids is 1. The van der Waals surface area contributed by atoms with Crippen LogP contribution in [-0.2, 0) is 37.5 Å². The monoisotopic (exact) mass is 509 g/mol. The van der Waals surface area contributed by atoms with E-state index in [1.165, 1.54) is 13.2 Å². The molecule has 2 aromatic heterocycles. The summed E-state index contributed by atoms with van der Waals surface area (Å²) in [4.78, 5) is 19.3. The lowest BCUT2D eigenvalue weighted by molar-refractivity contribution is -0.134. The molecule has 0 bridgehead atoms. The van der Waals surface area contributed by atoms with E-state index < -0.39 is 18.5 Å². The highest BCUT2D eigenvalue weighted by Gasteiger charge is 2.27. The standard InChI is InChI=1S/C26H35F4N5O/c1-34-25(27)20(17-31-34)16-24(36)33-21-5-2-18(3-6-21)9-13-35-14-10-19-4-7-22(8-12-26(28,29)30)32-23(19)11-15-35/h4,7,17-18,21H,2-3,5-6,8-16H2,1H3,(H,33,36). The Labute approximate surface area is 209 Å². The quantitative estimate of drug-likeness (QED) is 0.543. The summed E-state index contributed by atoms with van der Waals surface area (Å²) in [5, 5.41) is 6.89. The Morgan fingerprint density at radius 3 is 2.58 bits per heavy atom. The maximum atomic E-state index is 13.9. The molecule has 3 heterocycles. The summed E-state index contributed by atoms with van der Waals surface area (Å²) < 4.78 is 52.6. The normalized spacial score (nSPS) is 21.1. The van der Waals surface area contributed by atoms with Gasteiger partial charge in [-0.1, -0.05) is 6.07 Å². The zero-order valence-electron chi connectivity index (χ0n) is 20.8. The number of aromatic nitrogens is 3. The van der Waals surface area contributed by atoms with Gasteiger partial charge in [-0.3, -0.25) is 9.78 Å². The molecule has 0 aromatic carbocycles. The number of carbonyl (C=O) groups is 1. The minimum Gasteiger partial charge on any atom is -0.353 e. The first-order valence-corrected chi connectivity index (χ1v) is 12.9. The molecule has 1 fully saturated rings. The van der Waals surface area contributed by atoms with Crippen molar-refractivity contribution in [2.75, 3.05) is 19.6 Å². The maximum Gasteiger partial charge on any atom is 0.389 e. The highest BCUT2D eigenvalue weighted by atomic mass is 19.4. The summed E-state index contributed by atoms with van der Waals surface area (Å²) in [6.45, 7) is 2.81. The Morgan fingerprint density at radius 2 is 1.89 bits per heavy atom. The molecule has 0 atom stereocenters. The third-order valence-corrected chi connectivity index (χ3v) is 7.51. The fraction of sp³-hybridized carbons (Fsp3) is 0.654. The number of fused-ring (bicyclic) bond motifs is 1. The van der Waals surface area contributed by atoms with Crippen LogP contribution in [0.2, 0.25) is 0 Å². The molecule has 36 heavy (non-hydrogen) atoms. The van der Waals surface area contributed by atoms with Crippen molar-refractivity contribution in [3.05, 3.63) is 46.8 Å². The van der Waals surface area contributed by atoms with Crippen LogP contribution in [0.1, 0.15) is 61.0 Å². The lowest BCUT2D eigenvalue weighted by Gasteiger charge is -2.30. The van der Waals surface area contributed by atoms with Gasteiger partial charge in [0.15, 0.2) is 0 Å². The van der Waals surface area contributed by atoms with Crippen LogP contribution in [0, 0.1) is 11.9 Å². The number of hydrogen-bond donors (Lipinski definition) is 1. The molecule has 1 aliphatic heterocycles. The molecule has 4 rings (SSSR count). The Bertz CT molecular complexity index is 1030. The van der Waals surface area contributed by atoms with Gasteiger partial charge in [0.05, 0.1) is 12.6 Å². The van der Waals surface area contributed by atoms with Crippen molar-refractivity contribution in [3.8, 4) is 0 Å². The fourth-order valence-corrected chi connectivity index (χ4v) is 5.31. The SMILES string of the molecule is Cn1ncc(CC(=O)NC2CCC(CCN3CCc4ccc(CCC(F)(F)F)nc4CC3)CC2)c1F. The van der Waals surface area contributed by atoms with E-state index >= 15 is 0 Å². The highest BCUT2D eigenvalue weighted by molar-refractivity contribution is 5.78. The summed E-state index contributed by atoms with van der Waals surface area (Å²) >= 11 is 0. The molecule has 1 amide bonds. The van der Waals surface area contributed by atoms with E-state index in [2.05, 4.69) is 20.3 Å². The predicted octanol–water partition coefficient (Wildman–Crippen LogP) is 4.16. The lowest BCUT2D eigenvalue weighted by Crippen LogP contribution is -2.39. The average Bonchev–Trinajstić information content (AvgIpc) is 3.03. The van der Waals surface area contributed by atoms with Gasteiger partial charge in [0, 0.05) is 56.0 Å². The molecule has 6 nitrogen and oxygen atoms in total. The van der Waals surface area contributed by atoms with Gasteiger partial charge >= 0.3 is 6.18 Å². The lowest BCUT2D eigenvalue weighted by atomic mass is 9.84. The molecule has 0 spiro atoms. The third-order valence-electron chi connectivity index (χ3n) is 7.51. The van der Waals surface area contributed by atoms with Gasteiger partial charge in [-0.25, -0.2) is 4.68 Å². The van der Waals surface area contributed by atoms with Gasteiger partial charge in [-0.05, 0) is 69.0 Å². The second-order valence-electron chi connectivity index (χ2n) is 10.2. The number of hydrogen-bond acceptors (Lipinski definition) is 4. The van der Waals surface area contributed by atoms with Crippen LogP contribution in [0.25, 0.3) is 0 Å². The summed E-state index contributed by atoms with van der Waals surface area (Å²) in [5.41, 5.74) is 2.93. The predicted molar refractivity (Wildman–Crippen MR) is 128 cm³/mol. The van der Waals surface area contributed by atoms with Crippen LogP contribution in [-0.4, -0.2) is 57.4 Å². The second kappa shape index (κ2) is 11.7. The molecule has 10 heteroatoms. The van der Waals surface area contributed by atoms with E-state index in [9.17, 15) is 22.4 Å². The number of halogens is 4. The van der Waals surface area contributed by atoms with E-state index in [0.717, 1.165) is 80.5 Å². The van der Waals surface area contributed by atoms with E-state index in [0.29, 0.717) is 17.2 Å². The van der Waals surface area contributed by atoms with Gasteiger partial charge in [-0.15, -0.1) is 0 Å². The molecule has 2 aromatic rings. The van der Waals surface area contributed by atoms with Gasteiger partial charge in [0.2, 0.25) is 11.9 Å². The van der Waals surface area contributed by atoms with Gasteiger partial charge < -0.3 is 10.2 Å². The van der Waals surface area contributed by atoms with Crippen LogP contribution in [0.15, 0.2) is 18.3 Å². The number of nitrogens with zero attached hydrogens (tertiary/aromatic N) is 4. The topological polar surface area (TPSA) is 63.1 Å². The molecule has 0 saturated heterocycles. The molecular weight excluding hydrogens is 474 g/mol. The first-order chi connectivity index (χ1) is 17.2. The smallest absolute Gasteiger partial charge is 0.353 e. The number of pyridine rings is 1. The van der Waals surface area contributed by atoms with Crippen molar-refractivity contribution < 1.29 is 22.4 Å².